The molecule has 0 aliphatic carbocycles. The normalized spacial score (nSPS) is 20.5. The molecular formula is C13H24N4O. The van der Waals surface area contributed by atoms with Crippen LogP contribution in [0.4, 0.5) is 0 Å². The molecule has 2 heterocycles. The molecule has 0 bridgehead atoms. The highest BCUT2D eigenvalue weighted by Crippen LogP contribution is 2.14. The molecule has 1 saturated heterocycles. The van der Waals surface area contributed by atoms with Gasteiger partial charge in [-0.15, -0.1) is 0 Å². The lowest BCUT2D eigenvalue weighted by Crippen LogP contribution is -2.26. The van der Waals surface area contributed by atoms with Crippen molar-refractivity contribution in [2.45, 2.75) is 58.2 Å². The van der Waals surface area contributed by atoms with Crippen LogP contribution in [-0.2, 0) is 11.3 Å². The fraction of sp³-hybridized carbons (Fsp3) is 0.846. The first kappa shape index (κ1) is 13.5. The summed E-state index contributed by atoms with van der Waals surface area (Å²) in [6, 6.07) is 0.367. The summed E-state index contributed by atoms with van der Waals surface area (Å²) in [4.78, 5) is 4.28. The molecule has 0 saturated carbocycles. The standard InChI is InChI=1S/C13H24N4O/c1-11(2)17-13(15-10-16-17)9-14-7-6-12-5-3-4-8-18-12/h10-12,14H,3-9H2,1-2H3. The summed E-state index contributed by atoms with van der Waals surface area (Å²) in [5, 5.41) is 7.65. The summed E-state index contributed by atoms with van der Waals surface area (Å²) >= 11 is 0. The van der Waals surface area contributed by atoms with Crippen LogP contribution in [0.15, 0.2) is 6.33 Å². The van der Waals surface area contributed by atoms with Crippen LogP contribution in [0.2, 0.25) is 0 Å². The number of rotatable bonds is 6. The maximum atomic E-state index is 5.70. The topological polar surface area (TPSA) is 52.0 Å². The van der Waals surface area contributed by atoms with E-state index in [1.165, 1.54) is 19.3 Å². The Kier molecular flexibility index (Phi) is 5.13. The number of hydrogen-bond donors (Lipinski definition) is 1. The second kappa shape index (κ2) is 6.85. The van der Waals surface area contributed by atoms with E-state index in [1.54, 1.807) is 6.33 Å². The highest BCUT2D eigenvalue weighted by molar-refractivity contribution is 4.85. The van der Waals surface area contributed by atoms with Gasteiger partial charge in [-0.25, -0.2) is 9.67 Å². The summed E-state index contributed by atoms with van der Waals surface area (Å²) in [7, 11) is 0. The van der Waals surface area contributed by atoms with E-state index >= 15 is 0 Å². The van der Waals surface area contributed by atoms with Gasteiger partial charge in [0.15, 0.2) is 0 Å². The van der Waals surface area contributed by atoms with Gasteiger partial charge in [0.25, 0.3) is 0 Å². The molecule has 1 aliphatic rings. The summed E-state index contributed by atoms with van der Waals surface area (Å²) in [6.07, 6.45) is 6.92. The third kappa shape index (κ3) is 3.78. The van der Waals surface area contributed by atoms with Crippen molar-refractivity contribution in [2.24, 2.45) is 0 Å². The maximum absolute atomic E-state index is 5.70. The summed E-state index contributed by atoms with van der Waals surface area (Å²) in [6.45, 7) is 6.94. The zero-order valence-corrected chi connectivity index (χ0v) is 11.4. The molecule has 1 atom stereocenters. The van der Waals surface area contributed by atoms with Crippen molar-refractivity contribution < 1.29 is 4.74 Å². The molecule has 1 N–H and O–H groups in total. The second-order valence-corrected chi connectivity index (χ2v) is 5.17. The molecule has 5 heteroatoms. The van der Waals surface area contributed by atoms with Crippen molar-refractivity contribution in [2.75, 3.05) is 13.2 Å². The van der Waals surface area contributed by atoms with Crippen LogP contribution >= 0.6 is 0 Å². The van der Waals surface area contributed by atoms with Crippen LogP contribution in [0.25, 0.3) is 0 Å². The van der Waals surface area contributed by atoms with Crippen LogP contribution in [0.1, 0.15) is 51.4 Å². The van der Waals surface area contributed by atoms with E-state index in [9.17, 15) is 0 Å². The second-order valence-electron chi connectivity index (χ2n) is 5.17. The molecular weight excluding hydrogens is 228 g/mol. The Morgan fingerprint density at radius 3 is 3.11 bits per heavy atom. The first-order valence-electron chi connectivity index (χ1n) is 6.98. The van der Waals surface area contributed by atoms with Gasteiger partial charge in [-0.2, -0.15) is 5.10 Å². The highest BCUT2D eigenvalue weighted by Gasteiger charge is 2.13. The maximum Gasteiger partial charge on any atom is 0.141 e. The van der Waals surface area contributed by atoms with Gasteiger partial charge in [-0.05, 0) is 46.1 Å². The molecule has 1 aromatic heterocycles. The largest absolute Gasteiger partial charge is 0.378 e. The summed E-state index contributed by atoms with van der Waals surface area (Å²) < 4.78 is 7.67. The fourth-order valence-corrected chi connectivity index (χ4v) is 2.33. The van der Waals surface area contributed by atoms with Gasteiger partial charge in [0.2, 0.25) is 0 Å². The van der Waals surface area contributed by atoms with E-state index in [4.69, 9.17) is 4.74 Å². The van der Waals surface area contributed by atoms with Crippen molar-refractivity contribution in [3.05, 3.63) is 12.2 Å². The van der Waals surface area contributed by atoms with Crippen LogP contribution in [0.5, 0.6) is 0 Å². The van der Waals surface area contributed by atoms with E-state index in [1.807, 2.05) is 4.68 Å². The molecule has 1 fully saturated rings. The molecule has 1 aromatic rings. The molecule has 5 nitrogen and oxygen atoms in total. The molecule has 2 rings (SSSR count). The Morgan fingerprint density at radius 2 is 2.39 bits per heavy atom. The number of ether oxygens (including phenoxy) is 1. The smallest absolute Gasteiger partial charge is 0.141 e. The molecule has 102 valence electrons. The van der Waals surface area contributed by atoms with Gasteiger partial charge in [-0.3, -0.25) is 0 Å². The van der Waals surface area contributed by atoms with Gasteiger partial charge in [0.05, 0.1) is 12.6 Å². The van der Waals surface area contributed by atoms with Gasteiger partial charge < -0.3 is 10.1 Å². The predicted octanol–water partition coefficient (Wildman–Crippen LogP) is 1.91. The molecule has 0 radical (unpaired) electrons. The van der Waals surface area contributed by atoms with Gasteiger partial charge in [0.1, 0.15) is 12.2 Å². The molecule has 0 spiro atoms. The Labute approximate surface area is 109 Å². The van der Waals surface area contributed by atoms with Gasteiger partial charge in [0, 0.05) is 12.6 Å². The first-order valence-corrected chi connectivity index (χ1v) is 6.98. The number of hydrogen-bond acceptors (Lipinski definition) is 4. The van der Waals surface area contributed by atoms with Crippen LogP contribution in [-0.4, -0.2) is 34.0 Å². The minimum atomic E-state index is 0.367. The first-order chi connectivity index (χ1) is 8.77. The number of nitrogens with zero attached hydrogens (tertiary/aromatic N) is 3. The number of aromatic nitrogens is 3. The van der Waals surface area contributed by atoms with Gasteiger partial charge in [-0.1, -0.05) is 0 Å². The van der Waals surface area contributed by atoms with E-state index in [2.05, 4.69) is 29.2 Å². The van der Waals surface area contributed by atoms with E-state index < -0.39 is 0 Å². The van der Waals surface area contributed by atoms with E-state index in [0.29, 0.717) is 12.1 Å². The van der Waals surface area contributed by atoms with Crippen molar-refractivity contribution in [1.29, 1.82) is 0 Å². The van der Waals surface area contributed by atoms with E-state index in [-0.39, 0.29) is 0 Å². The Balaban J connectivity index is 1.66. The minimum absolute atomic E-state index is 0.367. The molecule has 1 aliphatic heterocycles. The van der Waals surface area contributed by atoms with Crippen molar-refractivity contribution in [1.82, 2.24) is 20.1 Å². The Morgan fingerprint density at radius 1 is 1.50 bits per heavy atom. The van der Waals surface area contributed by atoms with Crippen molar-refractivity contribution >= 4 is 0 Å². The predicted molar refractivity (Wildman–Crippen MR) is 70.3 cm³/mol. The minimum Gasteiger partial charge on any atom is -0.378 e. The average Bonchev–Trinajstić information content (AvgIpc) is 2.84. The highest BCUT2D eigenvalue weighted by atomic mass is 16.5. The number of nitrogens with one attached hydrogen (secondary N) is 1. The SMILES string of the molecule is CC(C)n1ncnc1CNCCC1CCCCO1. The summed E-state index contributed by atoms with van der Waals surface area (Å²) in [5.41, 5.74) is 0. The van der Waals surface area contributed by atoms with Crippen molar-refractivity contribution in [3.63, 3.8) is 0 Å². The Hall–Kier alpha value is -0.940. The van der Waals surface area contributed by atoms with Crippen LogP contribution < -0.4 is 5.32 Å². The third-order valence-electron chi connectivity index (χ3n) is 3.34. The van der Waals surface area contributed by atoms with Crippen molar-refractivity contribution in [3.8, 4) is 0 Å². The lowest BCUT2D eigenvalue weighted by molar-refractivity contribution is 0.0115. The Bertz CT molecular complexity index is 345. The lowest BCUT2D eigenvalue weighted by Gasteiger charge is -2.22. The molecule has 0 amide bonds. The average molecular weight is 252 g/mol. The quantitative estimate of drug-likeness (QED) is 0.786. The monoisotopic (exact) mass is 252 g/mol. The van der Waals surface area contributed by atoms with Crippen LogP contribution in [0.3, 0.4) is 0 Å². The van der Waals surface area contributed by atoms with Crippen LogP contribution in [0, 0.1) is 0 Å². The lowest BCUT2D eigenvalue weighted by atomic mass is 10.1. The van der Waals surface area contributed by atoms with Gasteiger partial charge >= 0.3 is 0 Å². The summed E-state index contributed by atoms with van der Waals surface area (Å²) in [5.74, 6) is 1.01. The zero-order valence-electron chi connectivity index (χ0n) is 11.4. The third-order valence-corrected chi connectivity index (χ3v) is 3.34. The molecule has 0 aromatic carbocycles. The zero-order chi connectivity index (χ0) is 12.8. The van der Waals surface area contributed by atoms with E-state index in [0.717, 1.165) is 31.9 Å². The molecule has 1 unspecified atom stereocenters. The molecule has 18 heavy (non-hydrogen) atoms. The fourth-order valence-electron chi connectivity index (χ4n) is 2.33.